The fraction of sp³-hybridized carbons (Fsp3) is 0.875. The first-order chi connectivity index (χ1) is 8.43. The van der Waals surface area contributed by atoms with Crippen LogP contribution in [-0.2, 0) is 4.74 Å². The van der Waals surface area contributed by atoms with Crippen molar-refractivity contribution in [2.24, 2.45) is 0 Å². The highest BCUT2D eigenvalue weighted by molar-refractivity contribution is 4.89. The average molecular weight is 238 g/mol. The van der Waals surface area contributed by atoms with Crippen LogP contribution in [0.3, 0.4) is 0 Å². The van der Waals surface area contributed by atoms with E-state index in [1.54, 1.807) is 0 Å². The summed E-state index contributed by atoms with van der Waals surface area (Å²) in [5.41, 5.74) is 0. The molecule has 0 aromatic rings. The molecule has 2 radical (unpaired) electrons. The van der Waals surface area contributed by atoms with Crippen molar-refractivity contribution in [3.63, 3.8) is 0 Å². The molecule has 0 aromatic heterocycles. The van der Waals surface area contributed by atoms with Gasteiger partial charge in [0.15, 0.2) is 0 Å². The molecule has 1 heteroatoms. The number of rotatable bonds is 10. The van der Waals surface area contributed by atoms with Crippen LogP contribution >= 0.6 is 0 Å². The first-order valence-electron chi connectivity index (χ1n) is 7.72. The van der Waals surface area contributed by atoms with Crippen LogP contribution in [0.5, 0.6) is 0 Å². The van der Waals surface area contributed by atoms with Crippen LogP contribution in [0.1, 0.15) is 84.0 Å². The maximum Gasteiger partial charge on any atom is 0.0970 e. The molecule has 0 atom stereocenters. The maximum atomic E-state index is 5.82. The maximum absolute atomic E-state index is 5.82. The summed E-state index contributed by atoms with van der Waals surface area (Å²) in [5, 5.41) is 0. The van der Waals surface area contributed by atoms with E-state index in [-0.39, 0.29) is 0 Å². The Kier molecular flexibility index (Phi) is 9.78. The predicted octanol–water partition coefficient (Wildman–Crippen LogP) is 5.45. The monoisotopic (exact) mass is 238 g/mol. The molecule has 0 bridgehead atoms. The highest BCUT2D eigenvalue weighted by Gasteiger charge is 2.14. The summed E-state index contributed by atoms with van der Waals surface area (Å²) in [6, 6.07) is 0. The fourth-order valence-electron chi connectivity index (χ4n) is 2.39. The third-order valence-corrected chi connectivity index (χ3v) is 3.56. The Bertz CT molecular complexity index is 150. The standard InChI is InChI=1S/C16H30O/c1-2-3-4-5-6-7-8-12-15-17-16-13-10-9-11-14-16/h9H,2-8,10-15H2,1H3. The molecule has 0 unspecified atom stereocenters. The molecule has 17 heavy (non-hydrogen) atoms. The Morgan fingerprint density at radius 3 is 2.12 bits per heavy atom. The van der Waals surface area contributed by atoms with Gasteiger partial charge in [-0.25, -0.2) is 0 Å². The Hall–Kier alpha value is -0.0400. The van der Waals surface area contributed by atoms with Crippen molar-refractivity contribution in [2.75, 3.05) is 6.61 Å². The van der Waals surface area contributed by atoms with Gasteiger partial charge in [-0.15, -0.1) is 0 Å². The molecular formula is C16H30O. The van der Waals surface area contributed by atoms with Crippen LogP contribution < -0.4 is 0 Å². The number of hydrogen-bond donors (Lipinski definition) is 0. The molecular weight excluding hydrogens is 208 g/mol. The average Bonchev–Trinajstić information content (AvgIpc) is 2.38. The van der Waals surface area contributed by atoms with Gasteiger partial charge in [0.1, 0.15) is 0 Å². The van der Waals surface area contributed by atoms with Crippen LogP contribution in [0, 0.1) is 12.5 Å². The van der Waals surface area contributed by atoms with Gasteiger partial charge in [0, 0.05) is 6.61 Å². The first kappa shape index (κ1) is 15.0. The SMILES string of the molecule is CCCCCCCCCCO[C]1CC[CH]CC1. The van der Waals surface area contributed by atoms with Crippen molar-refractivity contribution >= 4 is 0 Å². The van der Waals surface area contributed by atoms with Gasteiger partial charge in [0.05, 0.1) is 6.10 Å². The molecule has 0 N–H and O–H groups in total. The third-order valence-electron chi connectivity index (χ3n) is 3.56. The zero-order valence-electron chi connectivity index (χ0n) is 11.7. The molecule has 0 amide bonds. The minimum atomic E-state index is 0.963. The van der Waals surface area contributed by atoms with Gasteiger partial charge in [-0.2, -0.15) is 0 Å². The second-order valence-electron chi connectivity index (χ2n) is 5.23. The van der Waals surface area contributed by atoms with Gasteiger partial charge in [-0.3, -0.25) is 0 Å². The molecule has 1 aliphatic rings. The smallest absolute Gasteiger partial charge is 0.0970 e. The van der Waals surface area contributed by atoms with Gasteiger partial charge in [-0.05, 0) is 38.5 Å². The van der Waals surface area contributed by atoms with Crippen LogP contribution in [-0.4, -0.2) is 6.61 Å². The molecule has 0 heterocycles. The summed E-state index contributed by atoms with van der Waals surface area (Å²) in [5.74, 6) is 0. The van der Waals surface area contributed by atoms with Gasteiger partial charge >= 0.3 is 0 Å². The Morgan fingerprint density at radius 1 is 0.882 bits per heavy atom. The number of ether oxygens (including phenoxy) is 1. The highest BCUT2D eigenvalue weighted by Crippen LogP contribution is 2.25. The zero-order valence-corrected chi connectivity index (χ0v) is 11.7. The quantitative estimate of drug-likeness (QED) is 0.460. The molecule has 0 spiro atoms. The van der Waals surface area contributed by atoms with Crippen LogP contribution in [0.15, 0.2) is 0 Å². The van der Waals surface area contributed by atoms with E-state index in [9.17, 15) is 0 Å². The van der Waals surface area contributed by atoms with Crippen molar-refractivity contribution < 1.29 is 4.74 Å². The van der Waals surface area contributed by atoms with E-state index in [2.05, 4.69) is 13.3 Å². The lowest BCUT2D eigenvalue weighted by molar-refractivity contribution is 0.116. The van der Waals surface area contributed by atoms with Crippen LogP contribution in [0.4, 0.5) is 0 Å². The zero-order chi connectivity index (χ0) is 12.2. The van der Waals surface area contributed by atoms with E-state index in [1.807, 2.05) is 0 Å². The molecule has 0 aliphatic heterocycles. The van der Waals surface area contributed by atoms with Gasteiger partial charge < -0.3 is 4.74 Å². The van der Waals surface area contributed by atoms with Gasteiger partial charge in [-0.1, -0.05) is 51.9 Å². The minimum Gasteiger partial charge on any atom is -0.372 e. The molecule has 1 rings (SSSR count). The van der Waals surface area contributed by atoms with E-state index in [0.717, 1.165) is 6.61 Å². The molecule has 1 saturated carbocycles. The number of hydrogen-bond acceptors (Lipinski definition) is 1. The van der Waals surface area contributed by atoms with Crippen molar-refractivity contribution in [3.05, 3.63) is 12.5 Å². The molecule has 0 saturated heterocycles. The van der Waals surface area contributed by atoms with Gasteiger partial charge in [0.25, 0.3) is 0 Å². The molecule has 1 aliphatic carbocycles. The number of unbranched alkanes of at least 4 members (excludes halogenated alkanes) is 7. The predicted molar refractivity (Wildman–Crippen MR) is 74.6 cm³/mol. The van der Waals surface area contributed by atoms with Crippen LogP contribution in [0.25, 0.3) is 0 Å². The summed E-state index contributed by atoms with van der Waals surface area (Å²) >= 11 is 0. The Morgan fingerprint density at radius 2 is 1.47 bits per heavy atom. The summed E-state index contributed by atoms with van der Waals surface area (Å²) in [6.07, 6.45) is 19.6. The van der Waals surface area contributed by atoms with Crippen molar-refractivity contribution in [1.82, 2.24) is 0 Å². The van der Waals surface area contributed by atoms with Crippen LogP contribution in [0.2, 0.25) is 0 Å². The van der Waals surface area contributed by atoms with E-state index >= 15 is 0 Å². The Labute approximate surface area is 108 Å². The second kappa shape index (κ2) is 11.1. The normalized spacial score (nSPS) is 17.5. The van der Waals surface area contributed by atoms with Crippen molar-refractivity contribution in [1.29, 1.82) is 0 Å². The summed E-state index contributed by atoms with van der Waals surface area (Å²) < 4.78 is 5.82. The van der Waals surface area contributed by atoms with E-state index < -0.39 is 0 Å². The van der Waals surface area contributed by atoms with E-state index in [1.165, 1.54) is 83.2 Å². The van der Waals surface area contributed by atoms with Crippen molar-refractivity contribution in [3.8, 4) is 0 Å². The minimum absolute atomic E-state index is 0.963. The molecule has 1 nitrogen and oxygen atoms in total. The second-order valence-corrected chi connectivity index (χ2v) is 5.23. The molecule has 0 aromatic carbocycles. The molecule has 100 valence electrons. The summed E-state index contributed by atoms with van der Waals surface area (Å²) in [4.78, 5) is 0. The van der Waals surface area contributed by atoms with E-state index in [4.69, 9.17) is 4.74 Å². The lowest BCUT2D eigenvalue weighted by Gasteiger charge is -2.20. The highest BCUT2D eigenvalue weighted by atomic mass is 16.5. The lowest BCUT2D eigenvalue weighted by atomic mass is 9.98. The first-order valence-corrected chi connectivity index (χ1v) is 7.72. The lowest BCUT2D eigenvalue weighted by Crippen LogP contribution is -2.09. The third kappa shape index (κ3) is 8.65. The van der Waals surface area contributed by atoms with Crippen molar-refractivity contribution in [2.45, 2.75) is 84.0 Å². The fourth-order valence-corrected chi connectivity index (χ4v) is 2.39. The van der Waals surface area contributed by atoms with Gasteiger partial charge in [0.2, 0.25) is 0 Å². The topological polar surface area (TPSA) is 9.23 Å². The Balaban J connectivity index is 1.75. The summed E-state index contributed by atoms with van der Waals surface area (Å²) in [6.45, 7) is 3.24. The summed E-state index contributed by atoms with van der Waals surface area (Å²) in [7, 11) is 0. The van der Waals surface area contributed by atoms with E-state index in [0.29, 0.717) is 0 Å². The molecule has 1 fully saturated rings. The largest absolute Gasteiger partial charge is 0.372 e.